The summed E-state index contributed by atoms with van der Waals surface area (Å²) >= 11 is 0. The number of anilines is 1. The molecule has 1 heterocycles. The van der Waals surface area contributed by atoms with Crippen LogP contribution in [0.15, 0.2) is 36.7 Å². The second-order valence-electron chi connectivity index (χ2n) is 3.79. The summed E-state index contributed by atoms with van der Waals surface area (Å²) < 4.78 is 0. The number of rotatable bonds is 2. The first-order valence-corrected chi connectivity index (χ1v) is 5.32. The number of carbonyl (C=O) groups is 1. The quantitative estimate of drug-likeness (QED) is 0.856. The maximum atomic E-state index is 11.9. The highest BCUT2D eigenvalue weighted by atomic mass is 16.1. The third kappa shape index (κ3) is 2.66. The Kier molecular flexibility index (Phi) is 3.14. The van der Waals surface area contributed by atoms with Crippen molar-refractivity contribution in [3.63, 3.8) is 0 Å². The molecule has 0 bridgehead atoms. The van der Waals surface area contributed by atoms with E-state index in [1.54, 1.807) is 6.92 Å². The van der Waals surface area contributed by atoms with Gasteiger partial charge in [0.15, 0.2) is 0 Å². The molecule has 0 saturated carbocycles. The fourth-order valence-corrected chi connectivity index (χ4v) is 1.42. The number of hydrogen-bond donors (Lipinski definition) is 1. The van der Waals surface area contributed by atoms with Gasteiger partial charge in [0.1, 0.15) is 5.82 Å². The zero-order valence-electron chi connectivity index (χ0n) is 9.77. The molecule has 86 valence electrons. The number of nitrogens with zero attached hydrogens (tertiary/aromatic N) is 2. The number of para-hydroxylation sites is 1. The molecule has 0 saturated heterocycles. The molecule has 0 radical (unpaired) electrons. The van der Waals surface area contributed by atoms with Gasteiger partial charge in [-0.1, -0.05) is 18.2 Å². The van der Waals surface area contributed by atoms with Crippen LogP contribution in [0.4, 0.5) is 5.69 Å². The molecule has 1 N–H and O–H groups in total. The first-order valence-electron chi connectivity index (χ1n) is 5.32. The lowest BCUT2D eigenvalue weighted by molar-refractivity contribution is 0.102. The molecule has 0 aliphatic heterocycles. The normalized spacial score (nSPS) is 10.0. The van der Waals surface area contributed by atoms with E-state index in [9.17, 15) is 4.79 Å². The molecular formula is C13H13N3O. The predicted octanol–water partition coefficient (Wildman–Crippen LogP) is 2.35. The smallest absolute Gasteiger partial charge is 0.258 e. The highest BCUT2D eigenvalue weighted by Gasteiger charge is 2.07. The molecule has 1 amide bonds. The Hall–Kier alpha value is -2.23. The van der Waals surface area contributed by atoms with Crippen LogP contribution in [0, 0.1) is 13.8 Å². The van der Waals surface area contributed by atoms with Crippen molar-refractivity contribution in [1.82, 2.24) is 9.97 Å². The van der Waals surface area contributed by atoms with E-state index >= 15 is 0 Å². The first-order chi connectivity index (χ1) is 8.16. The maximum Gasteiger partial charge on any atom is 0.258 e. The Morgan fingerprint density at radius 1 is 1.12 bits per heavy atom. The van der Waals surface area contributed by atoms with Gasteiger partial charge >= 0.3 is 0 Å². The van der Waals surface area contributed by atoms with Gasteiger partial charge < -0.3 is 5.32 Å². The predicted molar refractivity (Wildman–Crippen MR) is 65.9 cm³/mol. The van der Waals surface area contributed by atoms with Crippen molar-refractivity contribution in [3.8, 4) is 0 Å². The number of amides is 1. The lowest BCUT2D eigenvalue weighted by Gasteiger charge is -2.07. The molecule has 4 nitrogen and oxygen atoms in total. The van der Waals surface area contributed by atoms with Gasteiger partial charge in [0.2, 0.25) is 0 Å². The zero-order chi connectivity index (χ0) is 12.3. The Labute approximate surface area is 99.7 Å². The van der Waals surface area contributed by atoms with Crippen LogP contribution < -0.4 is 5.32 Å². The Morgan fingerprint density at radius 2 is 1.76 bits per heavy atom. The Morgan fingerprint density at radius 3 is 2.41 bits per heavy atom. The van der Waals surface area contributed by atoms with Gasteiger partial charge in [-0.3, -0.25) is 4.79 Å². The molecule has 2 aromatic rings. The highest BCUT2D eigenvalue weighted by Crippen LogP contribution is 2.14. The van der Waals surface area contributed by atoms with Crippen LogP contribution in [0.25, 0.3) is 0 Å². The minimum absolute atomic E-state index is 0.195. The Balaban J connectivity index is 2.17. The zero-order valence-corrected chi connectivity index (χ0v) is 9.77. The molecule has 0 aliphatic rings. The number of nitrogens with one attached hydrogen (secondary N) is 1. The van der Waals surface area contributed by atoms with Crippen LogP contribution in [0.3, 0.4) is 0 Å². The van der Waals surface area contributed by atoms with E-state index in [0.29, 0.717) is 11.4 Å². The van der Waals surface area contributed by atoms with Gasteiger partial charge in [-0.05, 0) is 25.5 Å². The van der Waals surface area contributed by atoms with Gasteiger partial charge in [0.25, 0.3) is 5.91 Å². The second-order valence-corrected chi connectivity index (χ2v) is 3.79. The van der Waals surface area contributed by atoms with Crippen molar-refractivity contribution in [1.29, 1.82) is 0 Å². The fraction of sp³-hybridized carbons (Fsp3) is 0.154. The average Bonchev–Trinajstić information content (AvgIpc) is 2.33. The van der Waals surface area contributed by atoms with E-state index in [1.165, 1.54) is 12.4 Å². The highest BCUT2D eigenvalue weighted by molar-refractivity contribution is 6.04. The van der Waals surface area contributed by atoms with Crippen molar-refractivity contribution < 1.29 is 4.79 Å². The van der Waals surface area contributed by atoms with E-state index < -0.39 is 0 Å². The molecule has 2 rings (SSSR count). The molecule has 1 aromatic carbocycles. The van der Waals surface area contributed by atoms with Crippen LogP contribution in [0.1, 0.15) is 21.7 Å². The number of hydrogen-bond acceptors (Lipinski definition) is 3. The SMILES string of the molecule is Cc1ncc(C(=O)Nc2ccccc2C)cn1. The Bertz CT molecular complexity index is 535. The topological polar surface area (TPSA) is 54.9 Å². The minimum atomic E-state index is -0.195. The van der Waals surface area contributed by atoms with E-state index in [0.717, 1.165) is 11.3 Å². The summed E-state index contributed by atoms with van der Waals surface area (Å²) in [7, 11) is 0. The van der Waals surface area contributed by atoms with Crippen LogP contribution in [-0.2, 0) is 0 Å². The van der Waals surface area contributed by atoms with Gasteiger partial charge in [-0.2, -0.15) is 0 Å². The summed E-state index contributed by atoms with van der Waals surface area (Å²) in [6, 6.07) is 7.62. The van der Waals surface area contributed by atoms with E-state index in [1.807, 2.05) is 31.2 Å². The molecule has 0 fully saturated rings. The van der Waals surface area contributed by atoms with Crippen molar-refractivity contribution >= 4 is 11.6 Å². The lowest BCUT2D eigenvalue weighted by Crippen LogP contribution is -2.13. The summed E-state index contributed by atoms with van der Waals surface area (Å²) in [4.78, 5) is 19.9. The number of benzene rings is 1. The molecule has 0 atom stereocenters. The van der Waals surface area contributed by atoms with Gasteiger partial charge in [0.05, 0.1) is 5.56 Å². The van der Waals surface area contributed by atoms with Crippen molar-refractivity contribution in [3.05, 3.63) is 53.6 Å². The van der Waals surface area contributed by atoms with Crippen LogP contribution >= 0.6 is 0 Å². The molecule has 1 aromatic heterocycles. The van der Waals surface area contributed by atoms with Crippen molar-refractivity contribution in [2.45, 2.75) is 13.8 Å². The van der Waals surface area contributed by atoms with Gasteiger partial charge in [0, 0.05) is 18.1 Å². The second kappa shape index (κ2) is 4.74. The molecule has 0 aliphatic carbocycles. The van der Waals surface area contributed by atoms with E-state index in [2.05, 4.69) is 15.3 Å². The molecule has 4 heteroatoms. The van der Waals surface area contributed by atoms with Gasteiger partial charge in [-0.25, -0.2) is 9.97 Å². The maximum absolute atomic E-state index is 11.9. The largest absolute Gasteiger partial charge is 0.322 e. The van der Waals surface area contributed by atoms with Crippen LogP contribution in [0.2, 0.25) is 0 Å². The van der Waals surface area contributed by atoms with Crippen molar-refractivity contribution in [2.24, 2.45) is 0 Å². The summed E-state index contributed by atoms with van der Waals surface area (Å²) in [5.74, 6) is 0.455. The monoisotopic (exact) mass is 227 g/mol. The third-order valence-electron chi connectivity index (χ3n) is 2.44. The third-order valence-corrected chi connectivity index (χ3v) is 2.44. The van der Waals surface area contributed by atoms with Crippen molar-refractivity contribution in [2.75, 3.05) is 5.32 Å². The molecule has 0 unspecified atom stereocenters. The summed E-state index contributed by atoms with van der Waals surface area (Å²) in [6.07, 6.45) is 3.05. The lowest BCUT2D eigenvalue weighted by atomic mass is 10.2. The van der Waals surface area contributed by atoms with Gasteiger partial charge in [-0.15, -0.1) is 0 Å². The summed E-state index contributed by atoms with van der Waals surface area (Å²) in [5, 5.41) is 2.83. The van der Waals surface area contributed by atoms with Crippen LogP contribution in [0.5, 0.6) is 0 Å². The number of aryl methyl sites for hydroxylation is 2. The summed E-state index contributed by atoms with van der Waals surface area (Å²) in [5.41, 5.74) is 2.28. The molecular weight excluding hydrogens is 214 g/mol. The average molecular weight is 227 g/mol. The minimum Gasteiger partial charge on any atom is -0.322 e. The summed E-state index contributed by atoms with van der Waals surface area (Å²) in [6.45, 7) is 3.73. The van der Waals surface area contributed by atoms with E-state index in [-0.39, 0.29) is 5.91 Å². The fourth-order valence-electron chi connectivity index (χ4n) is 1.42. The molecule has 0 spiro atoms. The molecule has 17 heavy (non-hydrogen) atoms. The number of aromatic nitrogens is 2. The standard InChI is InChI=1S/C13H13N3O/c1-9-5-3-4-6-12(9)16-13(17)11-7-14-10(2)15-8-11/h3-8H,1-2H3,(H,16,17). The first kappa shape index (κ1) is 11.3. The van der Waals surface area contributed by atoms with Crippen LogP contribution in [-0.4, -0.2) is 15.9 Å². The number of carbonyl (C=O) groups excluding carboxylic acids is 1. The van der Waals surface area contributed by atoms with E-state index in [4.69, 9.17) is 0 Å².